The lowest BCUT2D eigenvalue weighted by atomic mass is 10.0. The Morgan fingerprint density at radius 2 is 1.09 bits per heavy atom. The first kappa shape index (κ1) is 25.4. The van der Waals surface area contributed by atoms with E-state index >= 15 is 0 Å². The van der Waals surface area contributed by atoms with E-state index in [4.69, 9.17) is 19.4 Å². The van der Waals surface area contributed by atoms with Crippen LogP contribution in [0.5, 0.6) is 0 Å². The van der Waals surface area contributed by atoms with Crippen LogP contribution >= 0.6 is 0 Å². The van der Waals surface area contributed by atoms with Gasteiger partial charge in [0.05, 0.1) is 11.0 Å². The Labute approximate surface area is 259 Å². The van der Waals surface area contributed by atoms with Crippen molar-refractivity contribution in [3.8, 4) is 39.9 Å². The fraction of sp³-hybridized carbons (Fsp3) is 0.0250. The van der Waals surface area contributed by atoms with Gasteiger partial charge in [0.2, 0.25) is 5.95 Å². The maximum atomic E-state index is 6.48. The van der Waals surface area contributed by atoms with Gasteiger partial charge in [-0.05, 0) is 42.3 Å². The number of para-hydroxylation sites is 1. The zero-order valence-electron chi connectivity index (χ0n) is 24.5. The normalized spacial score (nSPS) is 11.7. The molecular weight excluding hydrogens is 552 g/mol. The van der Waals surface area contributed by atoms with E-state index in [-0.39, 0.29) is 0 Å². The molecule has 0 radical (unpaired) electrons. The summed E-state index contributed by atoms with van der Waals surface area (Å²) in [5, 5.41) is 4.42. The summed E-state index contributed by atoms with van der Waals surface area (Å²) < 4.78 is 8.62. The highest BCUT2D eigenvalue weighted by Crippen LogP contribution is 2.39. The van der Waals surface area contributed by atoms with Gasteiger partial charge in [0.15, 0.2) is 11.6 Å². The molecule has 0 spiro atoms. The standard InChI is InChI=1S/C40H26N4O/c1-25-11-10-16-28(21-25)29-19-20-36-32(22-29)33-23-31-30-17-8-9-18-34(30)44(35(31)24-37(33)45-36)40-42-38(26-12-4-2-5-13-26)41-39(43-40)27-14-6-3-7-15-27/h2-24H,1H3. The van der Waals surface area contributed by atoms with Gasteiger partial charge < -0.3 is 4.42 Å². The van der Waals surface area contributed by atoms with Crippen LogP contribution < -0.4 is 0 Å². The fourth-order valence-corrected chi connectivity index (χ4v) is 6.36. The first-order valence-electron chi connectivity index (χ1n) is 15.0. The largest absolute Gasteiger partial charge is 0.456 e. The quantitative estimate of drug-likeness (QED) is 0.208. The zero-order valence-corrected chi connectivity index (χ0v) is 24.5. The Morgan fingerprint density at radius 1 is 0.444 bits per heavy atom. The highest BCUT2D eigenvalue weighted by molar-refractivity contribution is 6.17. The Bertz CT molecular complexity index is 2490. The fourth-order valence-electron chi connectivity index (χ4n) is 6.36. The third kappa shape index (κ3) is 4.20. The van der Waals surface area contributed by atoms with Gasteiger partial charge in [0.25, 0.3) is 0 Å². The van der Waals surface area contributed by atoms with Gasteiger partial charge in [0.1, 0.15) is 11.2 Å². The first-order chi connectivity index (χ1) is 22.2. The molecule has 9 rings (SSSR count). The number of fused-ring (bicyclic) bond motifs is 6. The van der Waals surface area contributed by atoms with Crippen LogP contribution in [0.15, 0.2) is 144 Å². The van der Waals surface area contributed by atoms with Crippen molar-refractivity contribution in [3.05, 3.63) is 145 Å². The van der Waals surface area contributed by atoms with E-state index in [9.17, 15) is 0 Å². The average Bonchev–Trinajstić information content (AvgIpc) is 3.62. The summed E-state index contributed by atoms with van der Waals surface area (Å²) in [6.07, 6.45) is 0. The van der Waals surface area contributed by atoms with Crippen molar-refractivity contribution in [1.29, 1.82) is 0 Å². The monoisotopic (exact) mass is 578 g/mol. The third-order valence-corrected chi connectivity index (χ3v) is 8.50. The molecule has 9 aromatic rings. The van der Waals surface area contributed by atoms with E-state index < -0.39 is 0 Å². The van der Waals surface area contributed by atoms with Crippen LogP contribution in [-0.2, 0) is 0 Å². The Morgan fingerprint density at radius 3 is 1.82 bits per heavy atom. The van der Waals surface area contributed by atoms with Crippen LogP contribution in [0.3, 0.4) is 0 Å². The van der Waals surface area contributed by atoms with E-state index in [2.05, 4.69) is 90.4 Å². The van der Waals surface area contributed by atoms with Crippen LogP contribution in [0, 0.1) is 6.92 Å². The summed E-state index contributed by atoms with van der Waals surface area (Å²) in [6.45, 7) is 2.12. The molecule has 212 valence electrons. The Hall–Kier alpha value is -6.07. The molecule has 0 aliphatic carbocycles. The second-order valence-electron chi connectivity index (χ2n) is 11.4. The third-order valence-electron chi connectivity index (χ3n) is 8.50. The molecule has 0 unspecified atom stereocenters. The average molecular weight is 579 g/mol. The molecule has 3 aromatic heterocycles. The SMILES string of the molecule is Cc1cccc(-c2ccc3oc4cc5c(cc4c3c2)c2ccccc2n5-c2nc(-c3ccccc3)nc(-c3ccccc3)n2)c1. The molecule has 5 heteroatoms. The molecule has 6 aromatic carbocycles. The number of furan rings is 1. The highest BCUT2D eigenvalue weighted by atomic mass is 16.3. The smallest absolute Gasteiger partial charge is 0.238 e. The minimum atomic E-state index is 0.561. The molecule has 0 aliphatic heterocycles. The molecule has 0 amide bonds. The number of aromatic nitrogens is 4. The number of nitrogens with zero attached hydrogens (tertiary/aromatic N) is 4. The van der Waals surface area contributed by atoms with Crippen molar-refractivity contribution in [2.24, 2.45) is 0 Å². The van der Waals surface area contributed by atoms with Crippen LogP contribution in [-0.4, -0.2) is 19.5 Å². The van der Waals surface area contributed by atoms with Crippen molar-refractivity contribution in [2.45, 2.75) is 6.92 Å². The van der Waals surface area contributed by atoms with Crippen LogP contribution in [0.25, 0.3) is 83.6 Å². The minimum absolute atomic E-state index is 0.561. The minimum Gasteiger partial charge on any atom is -0.456 e. The van der Waals surface area contributed by atoms with E-state index in [1.54, 1.807) is 0 Å². The van der Waals surface area contributed by atoms with Gasteiger partial charge in [-0.3, -0.25) is 4.57 Å². The van der Waals surface area contributed by atoms with E-state index in [1.807, 2.05) is 60.7 Å². The lowest BCUT2D eigenvalue weighted by Crippen LogP contribution is -2.06. The molecule has 0 atom stereocenters. The lowest BCUT2D eigenvalue weighted by molar-refractivity contribution is 0.669. The Balaban J connectivity index is 1.32. The molecule has 3 heterocycles. The summed E-state index contributed by atoms with van der Waals surface area (Å²) in [4.78, 5) is 15.0. The van der Waals surface area contributed by atoms with Gasteiger partial charge >= 0.3 is 0 Å². The summed E-state index contributed by atoms with van der Waals surface area (Å²) in [6, 6.07) is 48.0. The molecule has 0 N–H and O–H groups in total. The predicted octanol–water partition coefficient (Wildman–Crippen LogP) is 10.2. The number of aryl methyl sites for hydroxylation is 1. The van der Waals surface area contributed by atoms with Gasteiger partial charge in [-0.15, -0.1) is 0 Å². The van der Waals surface area contributed by atoms with E-state index in [1.165, 1.54) is 16.7 Å². The highest BCUT2D eigenvalue weighted by Gasteiger charge is 2.20. The summed E-state index contributed by atoms with van der Waals surface area (Å²) in [7, 11) is 0. The molecule has 0 aliphatic rings. The Kier molecular flexibility index (Phi) is 5.65. The molecular formula is C40H26N4O. The van der Waals surface area contributed by atoms with Gasteiger partial charge in [-0.25, -0.2) is 4.98 Å². The maximum absolute atomic E-state index is 6.48. The van der Waals surface area contributed by atoms with Crippen molar-refractivity contribution in [3.63, 3.8) is 0 Å². The summed E-state index contributed by atoms with van der Waals surface area (Å²) in [5.74, 6) is 1.81. The number of hydrogen-bond donors (Lipinski definition) is 0. The zero-order chi connectivity index (χ0) is 29.9. The molecule has 45 heavy (non-hydrogen) atoms. The van der Waals surface area contributed by atoms with E-state index in [0.29, 0.717) is 17.6 Å². The first-order valence-corrected chi connectivity index (χ1v) is 15.0. The maximum Gasteiger partial charge on any atom is 0.238 e. The topological polar surface area (TPSA) is 56.7 Å². The molecule has 0 bridgehead atoms. The number of rotatable bonds is 4. The van der Waals surface area contributed by atoms with Gasteiger partial charge in [-0.1, -0.05) is 115 Å². The van der Waals surface area contributed by atoms with E-state index in [0.717, 1.165) is 54.9 Å². The molecule has 0 fully saturated rings. The van der Waals surface area contributed by atoms with Crippen molar-refractivity contribution in [1.82, 2.24) is 19.5 Å². The van der Waals surface area contributed by atoms with Crippen LogP contribution in [0.4, 0.5) is 0 Å². The second-order valence-corrected chi connectivity index (χ2v) is 11.4. The van der Waals surface area contributed by atoms with Gasteiger partial charge in [-0.2, -0.15) is 9.97 Å². The van der Waals surface area contributed by atoms with Crippen molar-refractivity contribution in [2.75, 3.05) is 0 Å². The van der Waals surface area contributed by atoms with Crippen molar-refractivity contribution < 1.29 is 4.42 Å². The number of hydrogen-bond acceptors (Lipinski definition) is 4. The summed E-state index contributed by atoms with van der Waals surface area (Å²) in [5.41, 5.74) is 9.16. The molecule has 0 saturated heterocycles. The second kappa shape index (κ2) is 10.00. The summed E-state index contributed by atoms with van der Waals surface area (Å²) >= 11 is 0. The van der Waals surface area contributed by atoms with Crippen LogP contribution in [0.1, 0.15) is 5.56 Å². The predicted molar refractivity (Wildman–Crippen MR) is 182 cm³/mol. The van der Waals surface area contributed by atoms with Crippen molar-refractivity contribution >= 4 is 43.7 Å². The lowest BCUT2D eigenvalue weighted by Gasteiger charge is -2.10. The van der Waals surface area contributed by atoms with Crippen LogP contribution in [0.2, 0.25) is 0 Å². The molecule has 5 nitrogen and oxygen atoms in total. The number of benzene rings is 6. The molecule has 0 saturated carbocycles. The van der Waals surface area contributed by atoms with Gasteiger partial charge in [0, 0.05) is 38.7 Å².